The van der Waals surface area contributed by atoms with Gasteiger partial charge in [0, 0.05) is 32.2 Å². The highest BCUT2D eigenvalue weighted by molar-refractivity contribution is 9.11. The lowest BCUT2D eigenvalue weighted by Gasteiger charge is -2.44. The lowest BCUT2D eigenvalue weighted by atomic mass is 9.98. The topological polar surface area (TPSA) is 124 Å². The molecule has 0 N–H and O–H groups in total. The van der Waals surface area contributed by atoms with Crippen LogP contribution in [0, 0.1) is 0 Å². The van der Waals surface area contributed by atoms with Crippen LogP contribution in [0.15, 0.2) is 25.6 Å². The van der Waals surface area contributed by atoms with Gasteiger partial charge in [-0.1, -0.05) is 15.9 Å². The maximum atomic E-state index is 11.9. The van der Waals surface area contributed by atoms with Crippen LogP contribution >= 0.6 is 47.8 Å². The molecule has 0 saturated carbocycles. The summed E-state index contributed by atoms with van der Waals surface area (Å²) in [6.07, 6.45) is -6.34. The molecule has 1 saturated heterocycles. The van der Waals surface area contributed by atoms with Gasteiger partial charge in [-0.15, -0.1) is 0 Å². The molecule has 1 heterocycles. The van der Waals surface area contributed by atoms with Crippen LogP contribution in [0.25, 0.3) is 0 Å². The van der Waals surface area contributed by atoms with E-state index in [9.17, 15) is 19.2 Å². The van der Waals surface area contributed by atoms with Crippen molar-refractivity contribution in [3.05, 3.63) is 25.6 Å². The van der Waals surface area contributed by atoms with Gasteiger partial charge in [0.05, 0.1) is 8.95 Å². The zero-order chi connectivity index (χ0) is 24.9. The van der Waals surface area contributed by atoms with Crippen molar-refractivity contribution >= 4 is 71.7 Å². The van der Waals surface area contributed by atoms with Crippen molar-refractivity contribution in [2.24, 2.45) is 0 Å². The van der Waals surface area contributed by atoms with E-state index in [0.717, 1.165) is 25.2 Å². The molecule has 1 aliphatic heterocycles. The minimum Gasteiger partial charge on any atom is -0.463 e. The molecule has 13 heteroatoms. The highest BCUT2D eigenvalue weighted by Crippen LogP contribution is 2.39. The van der Waals surface area contributed by atoms with Crippen molar-refractivity contribution in [3.63, 3.8) is 0 Å². The molecule has 33 heavy (non-hydrogen) atoms. The number of benzene rings is 1. The van der Waals surface area contributed by atoms with Crippen LogP contribution in [-0.4, -0.2) is 61.2 Å². The average molecular weight is 661 g/mol. The molecule has 5 atom stereocenters. The minimum absolute atomic E-state index is 0.291. The Balaban J connectivity index is 2.52. The highest BCUT2D eigenvalue weighted by atomic mass is 79.9. The summed E-state index contributed by atoms with van der Waals surface area (Å²) >= 11 is 10.1. The van der Waals surface area contributed by atoms with E-state index < -0.39 is 54.6 Å². The maximum Gasteiger partial charge on any atom is 0.303 e. The second-order valence-corrected chi connectivity index (χ2v) is 9.51. The van der Waals surface area contributed by atoms with Crippen molar-refractivity contribution in [3.8, 4) is 5.75 Å². The van der Waals surface area contributed by atoms with Gasteiger partial charge in [0.2, 0.25) is 12.4 Å². The van der Waals surface area contributed by atoms with E-state index in [1.54, 1.807) is 12.1 Å². The number of hydrogen-bond acceptors (Lipinski definition) is 10. The molecular weight excluding hydrogens is 640 g/mol. The van der Waals surface area contributed by atoms with Crippen LogP contribution in [0.3, 0.4) is 0 Å². The van der Waals surface area contributed by atoms with E-state index in [-0.39, 0.29) is 6.61 Å². The Labute approximate surface area is 214 Å². The van der Waals surface area contributed by atoms with Crippen LogP contribution in [-0.2, 0) is 42.9 Å². The van der Waals surface area contributed by atoms with Crippen LogP contribution in [0.4, 0.5) is 0 Å². The summed E-state index contributed by atoms with van der Waals surface area (Å²) in [5.74, 6) is -2.48. The minimum atomic E-state index is -1.33. The smallest absolute Gasteiger partial charge is 0.303 e. The van der Waals surface area contributed by atoms with Gasteiger partial charge in [0.15, 0.2) is 18.0 Å². The summed E-state index contributed by atoms with van der Waals surface area (Å²) in [6, 6.07) is 3.43. The summed E-state index contributed by atoms with van der Waals surface area (Å²) in [5.41, 5.74) is 0. The van der Waals surface area contributed by atoms with Crippen molar-refractivity contribution in [2.75, 3.05) is 6.61 Å². The summed E-state index contributed by atoms with van der Waals surface area (Å²) in [5, 5.41) is 0. The molecule has 1 aromatic carbocycles. The molecule has 2 rings (SSSR count). The van der Waals surface area contributed by atoms with Crippen molar-refractivity contribution in [2.45, 2.75) is 58.4 Å². The Bertz CT molecular complexity index is 898. The number of carbonyl (C=O) groups excluding carboxylic acids is 4. The Kier molecular flexibility index (Phi) is 10.1. The standard InChI is InChI=1S/C20H21Br3O10/c1-8(24)28-7-15-17(29-9(2)25)18(30-10(3)26)19(31-11(4)27)20(32-15)33-16-13(22)5-12(21)6-14(16)23/h5-6,15,17-20H,7H2,1-4H3/t15-,17+,18-,19-,20-/m0/s1. The third-order valence-corrected chi connectivity index (χ3v) is 5.78. The van der Waals surface area contributed by atoms with Gasteiger partial charge in [0.25, 0.3) is 0 Å². The van der Waals surface area contributed by atoms with Crippen LogP contribution in [0.1, 0.15) is 27.7 Å². The molecule has 1 aliphatic rings. The Morgan fingerprint density at radius 1 is 0.788 bits per heavy atom. The molecule has 0 unspecified atom stereocenters. The predicted molar refractivity (Wildman–Crippen MR) is 122 cm³/mol. The number of esters is 4. The Hall–Kier alpha value is -1.70. The average Bonchev–Trinajstić information content (AvgIpc) is 2.66. The van der Waals surface area contributed by atoms with Gasteiger partial charge in [-0.25, -0.2) is 0 Å². The van der Waals surface area contributed by atoms with Crippen molar-refractivity contribution in [1.29, 1.82) is 0 Å². The lowest BCUT2D eigenvalue weighted by molar-refractivity contribution is -0.288. The van der Waals surface area contributed by atoms with Gasteiger partial charge in [0.1, 0.15) is 12.7 Å². The second-order valence-electron chi connectivity index (χ2n) is 6.88. The predicted octanol–water partition coefficient (Wildman–Crippen LogP) is 3.44. The number of carbonyl (C=O) groups is 4. The SMILES string of the molecule is CC(=O)OC[C@@H]1O[C@@H](Oc2c(Br)cc(Br)cc2Br)[C@@H](OC(C)=O)[C@@H](OC(C)=O)[C@@H]1OC(C)=O. The monoisotopic (exact) mass is 658 g/mol. The number of hydrogen-bond donors (Lipinski definition) is 0. The molecule has 0 aliphatic carbocycles. The zero-order valence-corrected chi connectivity index (χ0v) is 22.7. The molecule has 0 aromatic heterocycles. The number of halogens is 3. The molecule has 10 nitrogen and oxygen atoms in total. The molecule has 0 bridgehead atoms. The highest BCUT2D eigenvalue weighted by Gasteiger charge is 2.53. The van der Waals surface area contributed by atoms with Gasteiger partial charge >= 0.3 is 23.9 Å². The van der Waals surface area contributed by atoms with E-state index in [0.29, 0.717) is 14.7 Å². The van der Waals surface area contributed by atoms with Gasteiger partial charge in [-0.2, -0.15) is 0 Å². The molecule has 0 radical (unpaired) electrons. The summed E-state index contributed by atoms with van der Waals surface area (Å²) in [6.45, 7) is 4.29. The number of ether oxygens (including phenoxy) is 6. The largest absolute Gasteiger partial charge is 0.463 e. The fourth-order valence-corrected chi connectivity index (χ4v) is 5.49. The van der Waals surface area contributed by atoms with E-state index >= 15 is 0 Å². The van der Waals surface area contributed by atoms with Crippen LogP contribution in [0.2, 0.25) is 0 Å². The van der Waals surface area contributed by atoms with Crippen LogP contribution in [0.5, 0.6) is 5.75 Å². The third-order valence-electron chi connectivity index (χ3n) is 4.15. The van der Waals surface area contributed by atoms with Crippen molar-refractivity contribution < 1.29 is 47.6 Å². The molecule has 1 fully saturated rings. The van der Waals surface area contributed by atoms with Crippen LogP contribution < -0.4 is 4.74 Å². The summed E-state index contributed by atoms with van der Waals surface area (Å²) in [7, 11) is 0. The zero-order valence-electron chi connectivity index (χ0n) is 18.0. The quantitative estimate of drug-likeness (QED) is 0.317. The fraction of sp³-hybridized carbons (Fsp3) is 0.500. The third kappa shape index (κ3) is 7.94. The van der Waals surface area contributed by atoms with E-state index in [1.807, 2.05) is 0 Å². The molecule has 0 spiro atoms. The second kappa shape index (κ2) is 12.1. The summed E-state index contributed by atoms with van der Waals surface area (Å²) < 4.78 is 34.8. The first kappa shape index (κ1) is 27.5. The first-order valence-corrected chi connectivity index (χ1v) is 11.9. The van der Waals surface area contributed by atoms with Gasteiger partial charge < -0.3 is 28.4 Å². The maximum absolute atomic E-state index is 11.9. The van der Waals surface area contributed by atoms with E-state index in [2.05, 4.69) is 47.8 Å². The summed E-state index contributed by atoms with van der Waals surface area (Å²) in [4.78, 5) is 46.9. The molecule has 1 aromatic rings. The van der Waals surface area contributed by atoms with Crippen molar-refractivity contribution in [1.82, 2.24) is 0 Å². The Morgan fingerprint density at radius 3 is 1.76 bits per heavy atom. The molecule has 0 amide bonds. The normalized spacial score (nSPS) is 24.4. The fourth-order valence-electron chi connectivity index (χ4n) is 3.04. The number of rotatable bonds is 7. The molecular formula is C20H21Br3O10. The van der Waals surface area contributed by atoms with Gasteiger partial charge in [-0.05, 0) is 44.0 Å². The molecule has 182 valence electrons. The Morgan fingerprint density at radius 2 is 1.27 bits per heavy atom. The van der Waals surface area contributed by atoms with E-state index in [4.69, 9.17) is 28.4 Å². The lowest BCUT2D eigenvalue weighted by Crippen LogP contribution is -2.63. The van der Waals surface area contributed by atoms with E-state index in [1.165, 1.54) is 6.92 Å². The first-order chi connectivity index (χ1) is 15.4. The van der Waals surface area contributed by atoms with Gasteiger partial charge in [-0.3, -0.25) is 19.2 Å². The first-order valence-electron chi connectivity index (χ1n) is 9.50.